The maximum absolute atomic E-state index is 3.68. The fourth-order valence-corrected chi connectivity index (χ4v) is 5.71. The fourth-order valence-electron chi connectivity index (χ4n) is 5.71. The van der Waals surface area contributed by atoms with Crippen LogP contribution in [0.2, 0.25) is 0 Å². The Balaban J connectivity index is 0.000000963. The van der Waals surface area contributed by atoms with Crippen LogP contribution in [0.3, 0.4) is 0 Å². The highest BCUT2D eigenvalue weighted by atomic mass is 35.5. The predicted octanol–water partition coefficient (Wildman–Crippen LogP) is 3.62. The summed E-state index contributed by atoms with van der Waals surface area (Å²) in [6, 6.07) is 0.785. The van der Waals surface area contributed by atoms with E-state index in [-0.39, 0.29) is 12.4 Å². The molecule has 0 heterocycles. The van der Waals surface area contributed by atoms with Gasteiger partial charge in [-0.15, -0.1) is 12.4 Å². The zero-order valence-electron chi connectivity index (χ0n) is 11.1. The highest BCUT2D eigenvalue weighted by Gasteiger charge is 2.72. The van der Waals surface area contributed by atoms with Gasteiger partial charge in [0.1, 0.15) is 0 Å². The quantitative estimate of drug-likeness (QED) is 0.742. The summed E-state index contributed by atoms with van der Waals surface area (Å²) in [7, 11) is 2.19. The molecule has 0 aromatic rings. The van der Waals surface area contributed by atoms with Crippen molar-refractivity contribution >= 4 is 12.4 Å². The summed E-state index contributed by atoms with van der Waals surface area (Å²) in [5.41, 5.74) is 1.79. The first-order chi connectivity index (χ1) is 6.99. The highest BCUT2D eigenvalue weighted by molar-refractivity contribution is 5.85. The molecule has 0 amide bonds. The van der Waals surface area contributed by atoms with Crippen molar-refractivity contribution in [3.63, 3.8) is 0 Å². The van der Waals surface area contributed by atoms with Crippen molar-refractivity contribution < 1.29 is 0 Å². The molecule has 2 heteroatoms. The van der Waals surface area contributed by atoms with Crippen LogP contribution in [-0.4, -0.2) is 13.1 Å². The minimum absolute atomic E-state index is 0. The van der Waals surface area contributed by atoms with Gasteiger partial charge in [0.25, 0.3) is 0 Å². The SMILES string of the molecule is CNC1C2(CCC2)C2CCC1(C)C2(C)C.Cl. The molecule has 3 unspecified atom stereocenters. The molecule has 3 aliphatic carbocycles. The lowest BCUT2D eigenvalue weighted by Gasteiger charge is -2.53. The van der Waals surface area contributed by atoms with E-state index in [1.165, 1.54) is 32.1 Å². The first-order valence-corrected chi connectivity index (χ1v) is 6.66. The molecule has 1 spiro atoms. The van der Waals surface area contributed by atoms with Gasteiger partial charge in [-0.25, -0.2) is 0 Å². The van der Waals surface area contributed by atoms with E-state index in [1.807, 2.05) is 0 Å². The molecule has 1 nitrogen and oxygen atoms in total. The lowest BCUT2D eigenvalue weighted by Crippen LogP contribution is -2.55. The third-order valence-corrected chi connectivity index (χ3v) is 6.77. The maximum atomic E-state index is 3.68. The van der Waals surface area contributed by atoms with E-state index in [2.05, 4.69) is 33.1 Å². The van der Waals surface area contributed by atoms with Crippen LogP contribution >= 0.6 is 12.4 Å². The van der Waals surface area contributed by atoms with Gasteiger partial charge in [0.15, 0.2) is 0 Å². The number of hydrogen-bond acceptors (Lipinski definition) is 1. The molecule has 3 aliphatic rings. The maximum Gasteiger partial charge on any atom is 0.0182 e. The van der Waals surface area contributed by atoms with Crippen LogP contribution in [0.4, 0.5) is 0 Å². The van der Waals surface area contributed by atoms with E-state index in [1.54, 1.807) is 0 Å². The topological polar surface area (TPSA) is 12.0 Å². The van der Waals surface area contributed by atoms with Gasteiger partial charge in [0.2, 0.25) is 0 Å². The molecule has 16 heavy (non-hydrogen) atoms. The molecule has 3 saturated carbocycles. The Bertz CT molecular complexity index is 295. The Morgan fingerprint density at radius 3 is 2.06 bits per heavy atom. The van der Waals surface area contributed by atoms with Gasteiger partial charge in [-0.05, 0) is 54.9 Å². The standard InChI is InChI=1S/C14H25N.ClH/c1-12(2)10-6-9-13(12,3)11(15-4)14(10)7-5-8-14;/h10-11,15H,5-9H2,1-4H3;1H. The lowest BCUT2D eigenvalue weighted by molar-refractivity contribution is 0.000768. The number of rotatable bonds is 1. The second-order valence-corrected chi connectivity index (χ2v) is 7.04. The van der Waals surface area contributed by atoms with Gasteiger partial charge in [0.05, 0.1) is 0 Å². The third-order valence-electron chi connectivity index (χ3n) is 6.77. The van der Waals surface area contributed by atoms with Crippen molar-refractivity contribution in [3.05, 3.63) is 0 Å². The molecular weight excluding hydrogens is 218 g/mol. The van der Waals surface area contributed by atoms with Crippen molar-refractivity contribution in [2.45, 2.75) is 58.9 Å². The molecule has 0 aliphatic heterocycles. The first kappa shape index (κ1) is 12.7. The molecule has 1 N–H and O–H groups in total. The van der Waals surface area contributed by atoms with Crippen molar-refractivity contribution in [2.24, 2.45) is 22.2 Å². The monoisotopic (exact) mass is 243 g/mol. The van der Waals surface area contributed by atoms with Crippen LogP contribution in [0, 0.1) is 22.2 Å². The second kappa shape index (κ2) is 3.38. The number of fused-ring (bicyclic) bond motifs is 3. The van der Waals surface area contributed by atoms with Gasteiger partial charge in [-0.1, -0.05) is 27.2 Å². The molecule has 2 bridgehead atoms. The molecular formula is C14H26ClN. The average molecular weight is 244 g/mol. The summed E-state index contributed by atoms with van der Waals surface area (Å²) in [5, 5.41) is 3.68. The van der Waals surface area contributed by atoms with E-state index < -0.39 is 0 Å². The zero-order valence-corrected chi connectivity index (χ0v) is 11.9. The molecule has 94 valence electrons. The van der Waals surface area contributed by atoms with Crippen molar-refractivity contribution in [1.29, 1.82) is 0 Å². The molecule has 3 rings (SSSR count). The van der Waals surface area contributed by atoms with E-state index >= 15 is 0 Å². The van der Waals surface area contributed by atoms with E-state index in [0.717, 1.165) is 12.0 Å². The van der Waals surface area contributed by atoms with Gasteiger partial charge in [-0.2, -0.15) is 0 Å². The second-order valence-electron chi connectivity index (χ2n) is 7.04. The van der Waals surface area contributed by atoms with Gasteiger partial charge < -0.3 is 5.32 Å². The molecule has 0 saturated heterocycles. The van der Waals surface area contributed by atoms with Crippen LogP contribution in [-0.2, 0) is 0 Å². The van der Waals surface area contributed by atoms with Crippen molar-refractivity contribution in [1.82, 2.24) is 5.32 Å². The van der Waals surface area contributed by atoms with Gasteiger partial charge >= 0.3 is 0 Å². The Labute approximate surface area is 106 Å². The number of hydrogen-bond donors (Lipinski definition) is 1. The summed E-state index contributed by atoms with van der Waals surface area (Å²) in [4.78, 5) is 0. The van der Waals surface area contributed by atoms with Crippen LogP contribution in [0.25, 0.3) is 0 Å². The van der Waals surface area contributed by atoms with E-state index in [9.17, 15) is 0 Å². The normalized spacial score (nSPS) is 46.5. The number of halogens is 1. The summed E-state index contributed by atoms with van der Waals surface area (Å²) in [6.07, 6.45) is 7.38. The lowest BCUT2D eigenvalue weighted by atomic mass is 9.55. The Morgan fingerprint density at radius 1 is 1.06 bits per heavy atom. The van der Waals surface area contributed by atoms with Crippen LogP contribution in [0.1, 0.15) is 52.9 Å². The van der Waals surface area contributed by atoms with E-state index in [4.69, 9.17) is 0 Å². The smallest absolute Gasteiger partial charge is 0.0182 e. The summed E-state index contributed by atoms with van der Waals surface area (Å²) < 4.78 is 0. The third kappa shape index (κ3) is 1.03. The minimum Gasteiger partial charge on any atom is -0.316 e. The molecule has 3 fully saturated rings. The largest absolute Gasteiger partial charge is 0.316 e. The fraction of sp³-hybridized carbons (Fsp3) is 1.00. The van der Waals surface area contributed by atoms with Gasteiger partial charge in [0, 0.05) is 6.04 Å². The number of nitrogens with one attached hydrogen (secondary N) is 1. The van der Waals surface area contributed by atoms with E-state index in [0.29, 0.717) is 16.2 Å². The summed E-state index contributed by atoms with van der Waals surface area (Å²) in [6.45, 7) is 7.60. The Morgan fingerprint density at radius 2 is 1.69 bits per heavy atom. The molecule has 3 atom stereocenters. The summed E-state index contributed by atoms with van der Waals surface area (Å²) >= 11 is 0. The Kier molecular flexibility index (Phi) is 2.69. The van der Waals surface area contributed by atoms with Crippen LogP contribution < -0.4 is 5.32 Å². The summed E-state index contributed by atoms with van der Waals surface area (Å²) in [5.74, 6) is 0.987. The molecule has 0 radical (unpaired) electrons. The molecule has 0 aromatic carbocycles. The highest BCUT2D eigenvalue weighted by Crippen LogP contribution is 2.76. The first-order valence-electron chi connectivity index (χ1n) is 6.66. The average Bonchev–Trinajstić information content (AvgIpc) is 2.42. The van der Waals surface area contributed by atoms with Crippen LogP contribution in [0.15, 0.2) is 0 Å². The van der Waals surface area contributed by atoms with Gasteiger partial charge in [-0.3, -0.25) is 0 Å². The van der Waals surface area contributed by atoms with Crippen LogP contribution in [0.5, 0.6) is 0 Å². The zero-order chi connectivity index (χ0) is 10.9. The van der Waals surface area contributed by atoms with Crippen molar-refractivity contribution in [3.8, 4) is 0 Å². The van der Waals surface area contributed by atoms with Crippen molar-refractivity contribution in [2.75, 3.05) is 7.05 Å². The Hall–Kier alpha value is 0.250. The minimum atomic E-state index is 0. The predicted molar refractivity (Wildman–Crippen MR) is 71.0 cm³/mol. The molecule has 0 aromatic heterocycles.